The van der Waals surface area contributed by atoms with Gasteiger partial charge in [0.25, 0.3) is 10.0 Å². The van der Waals surface area contributed by atoms with Gasteiger partial charge in [0.05, 0.1) is 16.1 Å². The highest BCUT2D eigenvalue weighted by Gasteiger charge is 2.29. The van der Waals surface area contributed by atoms with Crippen LogP contribution in [0.4, 0.5) is 5.69 Å². The summed E-state index contributed by atoms with van der Waals surface area (Å²) in [6.45, 7) is 2.16. The monoisotopic (exact) mass is 365 g/mol. The molecular formula is C17H16ClNO4S. The Hall–Kier alpha value is -2.05. The number of sulfonamides is 1. The van der Waals surface area contributed by atoms with Crippen LogP contribution in [0.1, 0.15) is 27.9 Å². The smallest absolute Gasteiger partial charge is 0.335 e. The molecule has 0 aromatic heterocycles. The number of carbonyl (C=O) groups is 1. The minimum Gasteiger partial charge on any atom is -0.478 e. The molecule has 126 valence electrons. The number of nitrogens with zero attached hydrogens (tertiary/aromatic N) is 1. The summed E-state index contributed by atoms with van der Waals surface area (Å²) in [5.41, 5.74) is 2.22. The lowest BCUT2D eigenvalue weighted by molar-refractivity contribution is 0.0696. The number of rotatable bonds is 3. The van der Waals surface area contributed by atoms with Gasteiger partial charge in [0.2, 0.25) is 0 Å². The van der Waals surface area contributed by atoms with Crippen LogP contribution in [0, 0.1) is 6.92 Å². The fraction of sp³-hybridized carbons (Fsp3) is 0.235. The molecule has 2 aromatic rings. The molecule has 5 nitrogen and oxygen atoms in total. The third kappa shape index (κ3) is 2.87. The van der Waals surface area contributed by atoms with Gasteiger partial charge in [0, 0.05) is 11.6 Å². The van der Waals surface area contributed by atoms with Crippen molar-refractivity contribution in [1.82, 2.24) is 0 Å². The van der Waals surface area contributed by atoms with Crippen molar-refractivity contribution in [2.24, 2.45) is 0 Å². The third-order valence-corrected chi connectivity index (χ3v) is 6.35. The predicted octanol–water partition coefficient (Wildman–Crippen LogP) is 3.49. The molecule has 0 saturated heterocycles. The van der Waals surface area contributed by atoms with Crippen LogP contribution in [-0.4, -0.2) is 26.0 Å². The molecule has 0 fully saturated rings. The largest absolute Gasteiger partial charge is 0.478 e. The first kappa shape index (κ1) is 16.8. The van der Waals surface area contributed by atoms with E-state index in [1.165, 1.54) is 22.5 Å². The highest BCUT2D eigenvalue weighted by molar-refractivity contribution is 7.92. The van der Waals surface area contributed by atoms with E-state index in [4.69, 9.17) is 16.7 Å². The van der Waals surface area contributed by atoms with Crippen LogP contribution in [0.2, 0.25) is 5.02 Å². The van der Waals surface area contributed by atoms with E-state index in [2.05, 4.69) is 0 Å². The van der Waals surface area contributed by atoms with Crippen molar-refractivity contribution in [2.45, 2.75) is 24.7 Å². The number of hydrogen-bond donors (Lipinski definition) is 1. The summed E-state index contributed by atoms with van der Waals surface area (Å²) < 4.78 is 27.3. The van der Waals surface area contributed by atoms with Gasteiger partial charge in [0.1, 0.15) is 0 Å². The van der Waals surface area contributed by atoms with Gasteiger partial charge in [-0.1, -0.05) is 17.7 Å². The second-order valence-corrected chi connectivity index (χ2v) is 8.01. The van der Waals surface area contributed by atoms with E-state index in [-0.39, 0.29) is 10.5 Å². The number of benzene rings is 2. The minimum atomic E-state index is -3.75. The summed E-state index contributed by atoms with van der Waals surface area (Å²) in [6, 6.07) is 9.19. The van der Waals surface area contributed by atoms with E-state index in [1.54, 1.807) is 18.2 Å². The Labute approximate surface area is 145 Å². The molecule has 7 heteroatoms. The van der Waals surface area contributed by atoms with E-state index >= 15 is 0 Å². The van der Waals surface area contributed by atoms with E-state index in [9.17, 15) is 13.2 Å². The molecule has 0 saturated carbocycles. The van der Waals surface area contributed by atoms with Crippen molar-refractivity contribution in [3.63, 3.8) is 0 Å². The molecule has 0 atom stereocenters. The Morgan fingerprint density at radius 2 is 1.96 bits per heavy atom. The Kier molecular flexibility index (Phi) is 4.27. The summed E-state index contributed by atoms with van der Waals surface area (Å²) in [7, 11) is -3.75. The number of carboxylic acid groups (broad SMARTS) is 1. The molecular weight excluding hydrogens is 350 g/mol. The van der Waals surface area contributed by atoms with E-state index in [1.807, 2.05) is 6.92 Å². The molecule has 2 aromatic carbocycles. The van der Waals surface area contributed by atoms with E-state index in [0.717, 1.165) is 11.1 Å². The molecule has 3 rings (SSSR count). The van der Waals surface area contributed by atoms with Crippen molar-refractivity contribution >= 4 is 33.3 Å². The van der Waals surface area contributed by atoms with Crippen molar-refractivity contribution < 1.29 is 18.3 Å². The highest BCUT2D eigenvalue weighted by atomic mass is 35.5. The number of aryl methyl sites for hydroxylation is 2. The molecule has 1 N–H and O–H groups in total. The normalized spacial score (nSPS) is 14.3. The number of anilines is 1. The third-order valence-electron chi connectivity index (χ3n) is 4.13. The second kappa shape index (κ2) is 6.11. The maximum absolute atomic E-state index is 13.0. The number of carboxylic acids is 1. The first-order valence-corrected chi connectivity index (χ1v) is 9.27. The van der Waals surface area contributed by atoms with Gasteiger partial charge in [-0.25, -0.2) is 13.2 Å². The highest BCUT2D eigenvalue weighted by Crippen LogP contribution is 2.33. The van der Waals surface area contributed by atoms with Gasteiger partial charge in [-0.15, -0.1) is 0 Å². The van der Waals surface area contributed by atoms with Gasteiger partial charge in [-0.05, 0) is 61.2 Å². The lowest BCUT2D eigenvalue weighted by Crippen LogP contribution is -2.35. The molecule has 0 amide bonds. The molecule has 0 aliphatic carbocycles. The van der Waals surface area contributed by atoms with Crippen LogP contribution >= 0.6 is 11.6 Å². The summed E-state index contributed by atoms with van der Waals surface area (Å²) in [5, 5.41) is 9.50. The van der Waals surface area contributed by atoms with Gasteiger partial charge in [0.15, 0.2) is 0 Å². The van der Waals surface area contributed by atoms with Crippen LogP contribution in [0.15, 0.2) is 41.3 Å². The van der Waals surface area contributed by atoms with Crippen LogP contribution in [0.5, 0.6) is 0 Å². The summed E-state index contributed by atoms with van der Waals surface area (Å²) in [6.07, 6.45) is 1.28. The first-order chi connectivity index (χ1) is 11.3. The number of aromatic carboxylic acids is 1. The maximum atomic E-state index is 13.0. The average Bonchev–Trinajstić information content (AvgIpc) is 2.56. The fourth-order valence-corrected chi connectivity index (χ4v) is 4.62. The van der Waals surface area contributed by atoms with Gasteiger partial charge in [-0.3, -0.25) is 4.31 Å². The van der Waals surface area contributed by atoms with Gasteiger partial charge >= 0.3 is 5.97 Å². The van der Waals surface area contributed by atoms with Crippen molar-refractivity contribution in [1.29, 1.82) is 0 Å². The van der Waals surface area contributed by atoms with Crippen molar-refractivity contribution in [3.8, 4) is 0 Å². The molecule has 24 heavy (non-hydrogen) atoms. The Morgan fingerprint density at radius 1 is 1.21 bits per heavy atom. The van der Waals surface area contributed by atoms with Crippen LogP contribution in [-0.2, 0) is 16.4 Å². The molecule has 0 spiro atoms. The Bertz CT molecular complexity index is 924. The zero-order chi connectivity index (χ0) is 17.5. The molecule has 1 heterocycles. The van der Waals surface area contributed by atoms with Crippen molar-refractivity contribution in [2.75, 3.05) is 10.8 Å². The zero-order valence-corrected chi connectivity index (χ0v) is 14.6. The molecule has 0 radical (unpaired) electrons. The van der Waals surface area contributed by atoms with Crippen LogP contribution < -0.4 is 4.31 Å². The quantitative estimate of drug-likeness (QED) is 0.903. The number of halogens is 1. The van der Waals surface area contributed by atoms with E-state index in [0.29, 0.717) is 30.1 Å². The minimum absolute atomic E-state index is 0.133. The number of fused-ring (bicyclic) bond motifs is 1. The second-order valence-electron chi connectivity index (χ2n) is 5.74. The summed E-state index contributed by atoms with van der Waals surface area (Å²) >= 11 is 6.07. The maximum Gasteiger partial charge on any atom is 0.335 e. The lowest BCUT2D eigenvalue weighted by atomic mass is 10.0. The van der Waals surface area contributed by atoms with Gasteiger partial charge in [-0.2, -0.15) is 0 Å². The SMILES string of the molecule is Cc1ccc(S(=O)(=O)N2CCCc3cc(C(=O)O)ccc32)cc1Cl. The average molecular weight is 366 g/mol. The Morgan fingerprint density at radius 3 is 2.62 bits per heavy atom. The number of hydrogen-bond acceptors (Lipinski definition) is 3. The van der Waals surface area contributed by atoms with Crippen LogP contribution in [0.25, 0.3) is 0 Å². The molecule has 1 aliphatic heterocycles. The zero-order valence-electron chi connectivity index (χ0n) is 13.0. The first-order valence-electron chi connectivity index (χ1n) is 7.46. The van der Waals surface area contributed by atoms with Crippen molar-refractivity contribution in [3.05, 3.63) is 58.1 Å². The standard InChI is InChI=1S/C17H16ClNO4S/c1-11-4-6-14(10-15(11)18)24(22,23)19-8-2-3-12-9-13(17(20)21)5-7-16(12)19/h4-7,9-10H,2-3,8H2,1H3,(H,20,21). The van der Waals surface area contributed by atoms with Crippen LogP contribution in [0.3, 0.4) is 0 Å². The lowest BCUT2D eigenvalue weighted by Gasteiger charge is -2.30. The summed E-state index contributed by atoms with van der Waals surface area (Å²) in [4.78, 5) is 11.2. The van der Waals surface area contributed by atoms with E-state index < -0.39 is 16.0 Å². The fourth-order valence-electron chi connectivity index (χ4n) is 2.81. The summed E-state index contributed by atoms with van der Waals surface area (Å²) in [5.74, 6) is -1.02. The predicted molar refractivity (Wildman–Crippen MR) is 92.4 cm³/mol. The molecule has 1 aliphatic rings. The molecule has 0 bridgehead atoms. The molecule has 0 unspecified atom stereocenters. The topological polar surface area (TPSA) is 74.7 Å². The Balaban J connectivity index is 2.07. The van der Waals surface area contributed by atoms with Gasteiger partial charge < -0.3 is 5.11 Å².